The van der Waals surface area contributed by atoms with E-state index in [1.165, 1.54) is 11.3 Å². The quantitative estimate of drug-likeness (QED) is 0.504. The number of thiophene rings is 1. The minimum absolute atomic E-state index is 0.0140. The Labute approximate surface area is 171 Å². The molecule has 0 aliphatic carbocycles. The largest absolute Gasteiger partial charge is 0.419 e. The Hall–Kier alpha value is -1.89. The van der Waals surface area contributed by atoms with Crippen LogP contribution in [0.5, 0.6) is 0 Å². The maximum absolute atomic E-state index is 12.7. The molecule has 8 heteroatoms. The summed E-state index contributed by atoms with van der Waals surface area (Å²) >= 11 is 13.6. The van der Waals surface area contributed by atoms with E-state index in [-0.39, 0.29) is 18.5 Å². The smallest absolute Gasteiger partial charge is 0.249 e. The summed E-state index contributed by atoms with van der Waals surface area (Å²) in [5, 5.41) is 8.68. The van der Waals surface area contributed by atoms with Crippen LogP contribution < -0.4 is 0 Å². The van der Waals surface area contributed by atoms with E-state index in [0.29, 0.717) is 35.2 Å². The molecule has 0 radical (unpaired) electrons. The first-order valence-electron chi connectivity index (χ1n) is 8.55. The average molecular weight is 424 g/mol. The Morgan fingerprint density at radius 3 is 2.63 bits per heavy atom. The summed E-state index contributed by atoms with van der Waals surface area (Å²) in [5.74, 6) is 0.762. The van der Waals surface area contributed by atoms with E-state index in [9.17, 15) is 4.79 Å². The fraction of sp³-hybridized carbons (Fsp3) is 0.316. The summed E-state index contributed by atoms with van der Waals surface area (Å²) in [4.78, 5) is 15.5. The molecule has 27 heavy (non-hydrogen) atoms. The molecular formula is C19H19Cl2N3O2S. The third-order valence-corrected chi connectivity index (χ3v) is 5.66. The minimum atomic E-state index is 0.0140. The molecule has 3 aromatic rings. The van der Waals surface area contributed by atoms with Crippen LogP contribution in [0.15, 0.2) is 40.8 Å². The molecule has 2 heterocycles. The first-order chi connectivity index (χ1) is 12.9. The van der Waals surface area contributed by atoms with Crippen molar-refractivity contribution in [2.45, 2.75) is 39.3 Å². The predicted molar refractivity (Wildman–Crippen MR) is 108 cm³/mol. The number of halogens is 2. The number of hydrogen-bond donors (Lipinski definition) is 0. The van der Waals surface area contributed by atoms with Crippen molar-refractivity contribution >= 4 is 40.4 Å². The van der Waals surface area contributed by atoms with Gasteiger partial charge >= 0.3 is 0 Å². The second-order valence-corrected chi connectivity index (χ2v) is 8.51. The van der Waals surface area contributed by atoms with Crippen LogP contribution in [0.1, 0.15) is 31.0 Å². The lowest BCUT2D eigenvalue weighted by Crippen LogP contribution is -2.36. The summed E-state index contributed by atoms with van der Waals surface area (Å²) < 4.78 is 6.46. The van der Waals surface area contributed by atoms with Crippen molar-refractivity contribution in [1.29, 1.82) is 0 Å². The second-order valence-electron chi connectivity index (χ2n) is 6.30. The van der Waals surface area contributed by atoms with E-state index < -0.39 is 0 Å². The molecule has 0 aliphatic heterocycles. The van der Waals surface area contributed by atoms with Gasteiger partial charge in [-0.2, -0.15) is 0 Å². The molecule has 0 N–H and O–H groups in total. The molecule has 0 fully saturated rings. The van der Waals surface area contributed by atoms with Crippen molar-refractivity contribution in [3.8, 4) is 11.5 Å². The molecule has 5 nitrogen and oxygen atoms in total. The van der Waals surface area contributed by atoms with Gasteiger partial charge in [0.05, 0.1) is 21.5 Å². The normalized spacial score (nSPS) is 11.1. The van der Waals surface area contributed by atoms with Gasteiger partial charge in [0.15, 0.2) is 0 Å². The number of aryl methyl sites for hydroxylation is 1. The van der Waals surface area contributed by atoms with E-state index >= 15 is 0 Å². The summed E-state index contributed by atoms with van der Waals surface area (Å²) in [7, 11) is 0. The molecule has 142 valence electrons. The first-order valence-corrected chi connectivity index (χ1v) is 10.1. The van der Waals surface area contributed by atoms with Crippen LogP contribution in [0.25, 0.3) is 11.5 Å². The molecule has 0 spiro atoms. The lowest BCUT2D eigenvalue weighted by molar-refractivity contribution is -0.133. The molecule has 3 rings (SSSR count). The van der Waals surface area contributed by atoms with Gasteiger partial charge < -0.3 is 9.32 Å². The van der Waals surface area contributed by atoms with Gasteiger partial charge in [-0.3, -0.25) is 4.79 Å². The van der Waals surface area contributed by atoms with Gasteiger partial charge in [-0.05, 0) is 44.5 Å². The van der Waals surface area contributed by atoms with Crippen molar-refractivity contribution in [1.82, 2.24) is 15.1 Å². The number of amides is 1. The van der Waals surface area contributed by atoms with E-state index in [4.69, 9.17) is 27.6 Å². The number of rotatable bonds is 7. The molecule has 0 aliphatic rings. The van der Waals surface area contributed by atoms with Gasteiger partial charge in [0.25, 0.3) is 0 Å². The maximum atomic E-state index is 12.7. The fourth-order valence-electron chi connectivity index (χ4n) is 2.63. The van der Waals surface area contributed by atoms with Crippen LogP contribution in [0.2, 0.25) is 9.36 Å². The standard InChI is InChI=1S/C19H19Cl2N3O2S/c1-12(2)24(18(25)10-8-13-7-9-16(21)27-13)11-17-22-23-19(26-17)14-5-3-4-6-15(14)20/h3-7,9,12H,8,10-11H2,1-2H3. The number of nitrogens with zero attached hydrogens (tertiary/aromatic N) is 3. The van der Waals surface area contributed by atoms with Gasteiger partial charge in [-0.1, -0.05) is 35.3 Å². The summed E-state index contributed by atoms with van der Waals surface area (Å²) in [6, 6.07) is 11.1. The highest BCUT2D eigenvalue weighted by Gasteiger charge is 2.21. The Bertz CT molecular complexity index is 923. The summed E-state index contributed by atoms with van der Waals surface area (Å²) in [5.41, 5.74) is 0.676. The van der Waals surface area contributed by atoms with Crippen molar-refractivity contribution < 1.29 is 9.21 Å². The third kappa shape index (κ3) is 5.09. The van der Waals surface area contributed by atoms with Crippen molar-refractivity contribution in [2.75, 3.05) is 0 Å². The van der Waals surface area contributed by atoms with Gasteiger partial charge in [-0.25, -0.2) is 0 Å². The average Bonchev–Trinajstić information content (AvgIpc) is 3.26. The van der Waals surface area contributed by atoms with Crippen LogP contribution >= 0.6 is 34.5 Å². The lowest BCUT2D eigenvalue weighted by atomic mass is 10.2. The predicted octanol–water partition coefficient (Wildman–Crippen LogP) is 5.47. The highest BCUT2D eigenvalue weighted by molar-refractivity contribution is 7.16. The molecule has 1 aromatic carbocycles. The Kier molecular flexibility index (Phi) is 6.52. The van der Waals surface area contributed by atoms with Crippen molar-refractivity contribution in [2.24, 2.45) is 0 Å². The zero-order valence-electron chi connectivity index (χ0n) is 15.0. The van der Waals surface area contributed by atoms with Crippen LogP contribution in [-0.2, 0) is 17.8 Å². The highest BCUT2D eigenvalue weighted by atomic mass is 35.5. The van der Waals surface area contributed by atoms with Gasteiger partial charge in [0.2, 0.25) is 17.7 Å². The van der Waals surface area contributed by atoms with Crippen LogP contribution in [0.4, 0.5) is 0 Å². The SMILES string of the molecule is CC(C)N(Cc1nnc(-c2ccccc2Cl)o1)C(=O)CCc1ccc(Cl)s1. The monoisotopic (exact) mass is 423 g/mol. The number of hydrogen-bond acceptors (Lipinski definition) is 5. The number of carbonyl (C=O) groups is 1. The molecule has 0 saturated carbocycles. The Morgan fingerprint density at radius 2 is 1.96 bits per heavy atom. The zero-order valence-corrected chi connectivity index (χ0v) is 17.3. The van der Waals surface area contributed by atoms with E-state index in [2.05, 4.69) is 10.2 Å². The molecule has 2 aromatic heterocycles. The summed E-state index contributed by atoms with van der Waals surface area (Å²) in [6.07, 6.45) is 1.06. The highest BCUT2D eigenvalue weighted by Crippen LogP contribution is 2.27. The first kappa shape index (κ1) is 19.9. The van der Waals surface area contributed by atoms with Crippen molar-refractivity contribution in [3.05, 3.63) is 56.5 Å². The molecule has 0 atom stereocenters. The van der Waals surface area contributed by atoms with Gasteiger partial charge in [0.1, 0.15) is 0 Å². The van der Waals surface area contributed by atoms with E-state index in [0.717, 1.165) is 9.21 Å². The van der Waals surface area contributed by atoms with Crippen molar-refractivity contribution in [3.63, 3.8) is 0 Å². The molecular weight excluding hydrogens is 405 g/mol. The fourth-order valence-corrected chi connectivity index (χ4v) is 3.93. The summed E-state index contributed by atoms with van der Waals surface area (Å²) in [6.45, 7) is 4.19. The van der Waals surface area contributed by atoms with Gasteiger partial charge in [0, 0.05) is 17.3 Å². The Balaban J connectivity index is 1.67. The number of carbonyl (C=O) groups excluding carboxylic acids is 1. The molecule has 0 unspecified atom stereocenters. The van der Waals surface area contributed by atoms with E-state index in [1.54, 1.807) is 11.0 Å². The van der Waals surface area contributed by atoms with Crippen LogP contribution in [0.3, 0.4) is 0 Å². The van der Waals surface area contributed by atoms with Crippen LogP contribution in [0, 0.1) is 0 Å². The third-order valence-electron chi connectivity index (χ3n) is 4.03. The molecule has 1 amide bonds. The topological polar surface area (TPSA) is 59.2 Å². The zero-order chi connectivity index (χ0) is 19.4. The van der Waals surface area contributed by atoms with E-state index in [1.807, 2.05) is 44.2 Å². The minimum Gasteiger partial charge on any atom is -0.419 e. The number of aromatic nitrogens is 2. The second kappa shape index (κ2) is 8.87. The molecule has 0 bridgehead atoms. The number of benzene rings is 1. The maximum Gasteiger partial charge on any atom is 0.249 e. The lowest BCUT2D eigenvalue weighted by Gasteiger charge is -2.25. The Morgan fingerprint density at radius 1 is 1.19 bits per heavy atom. The van der Waals surface area contributed by atoms with Crippen LogP contribution in [-0.4, -0.2) is 27.0 Å². The molecule has 0 saturated heterocycles. The van der Waals surface area contributed by atoms with Gasteiger partial charge in [-0.15, -0.1) is 21.5 Å².